The normalized spacial score (nSPS) is 11.8. The molecule has 0 unspecified atom stereocenters. The van der Waals surface area contributed by atoms with Crippen LogP contribution in [0.5, 0.6) is 11.5 Å². The van der Waals surface area contributed by atoms with Gasteiger partial charge >= 0.3 is 0 Å². The van der Waals surface area contributed by atoms with Gasteiger partial charge < -0.3 is 19.8 Å². The number of fused-ring (bicyclic) bond motifs is 1. The molecule has 1 heterocycles. The minimum Gasteiger partial charge on any atom is -0.497 e. The van der Waals surface area contributed by atoms with E-state index in [0.29, 0.717) is 30.0 Å². The monoisotopic (exact) mass is 366 g/mol. The molecular weight excluding hydrogens is 344 g/mol. The summed E-state index contributed by atoms with van der Waals surface area (Å²) in [4.78, 5) is 27.3. The molecule has 1 aromatic heterocycles. The molecule has 0 saturated carbocycles. The number of aromatic nitrogens is 1. The van der Waals surface area contributed by atoms with Crippen LogP contribution in [-0.2, 0) is 11.2 Å². The number of carbonyl (C=O) groups excluding carboxylic acids is 1. The molecule has 1 amide bonds. The molecule has 27 heavy (non-hydrogen) atoms. The van der Waals surface area contributed by atoms with Gasteiger partial charge in [0, 0.05) is 18.2 Å². The van der Waals surface area contributed by atoms with Crippen molar-refractivity contribution in [2.45, 2.75) is 19.4 Å². The molecule has 0 bridgehead atoms. The molecule has 0 aliphatic heterocycles. The highest BCUT2D eigenvalue weighted by atomic mass is 16.5. The highest BCUT2D eigenvalue weighted by Crippen LogP contribution is 2.18. The van der Waals surface area contributed by atoms with Gasteiger partial charge in [-0.1, -0.05) is 18.2 Å². The van der Waals surface area contributed by atoms with Crippen molar-refractivity contribution in [3.05, 3.63) is 70.5 Å². The van der Waals surface area contributed by atoms with E-state index in [-0.39, 0.29) is 11.5 Å². The van der Waals surface area contributed by atoms with E-state index in [9.17, 15) is 9.59 Å². The van der Waals surface area contributed by atoms with Gasteiger partial charge in [-0.25, -0.2) is 0 Å². The fourth-order valence-electron chi connectivity index (χ4n) is 2.76. The number of benzene rings is 2. The van der Waals surface area contributed by atoms with E-state index in [1.165, 1.54) is 0 Å². The summed E-state index contributed by atoms with van der Waals surface area (Å²) in [5, 5.41) is 3.72. The summed E-state index contributed by atoms with van der Waals surface area (Å²) in [6, 6.07) is 16.5. The Bertz CT molecular complexity index is 982. The molecule has 1 atom stereocenters. The molecule has 0 aliphatic carbocycles. The Hall–Kier alpha value is -3.28. The van der Waals surface area contributed by atoms with Crippen molar-refractivity contribution in [1.82, 2.24) is 10.3 Å². The minimum atomic E-state index is -0.616. The van der Waals surface area contributed by atoms with Crippen LogP contribution in [0.25, 0.3) is 10.9 Å². The van der Waals surface area contributed by atoms with Crippen molar-refractivity contribution in [3.8, 4) is 11.5 Å². The van der Waals surface area contributed by atoms with Crippen molar-refractivity contribution >= 4 is 16.8 Å². The highest BCUT2D eigenvalue weighted by molar-refractivity contribution is 5.81. The van der Waals surface area contributed by atoms with Crippen LogP contribution in [-0.4, -0.2) is 30.6 Å². The van der Waals surface area contributed by atoms with Gasteiger partial charge in [-0.3, -0.25) is 9.59 Å². The van der Waals surface area contributed by atoms with E-state index in [4.69, 9.17) is 9.47 Å². The summed E-state index contributed by atoms with van der Waals surface area (Å²) in [5.74, 6) is 1.10. The third-order valence-corrected chi connectivity index (χ3v) is 4.25. The molecule has 6 nitrogen and oxygen atoms in total. The molecule has 0 spiro atoms. The van der Waals surface area contributed by atoms with E-state index >= 15 is 0 Å². The Labute approximate surface area is 157 Å². The molecule has 140 valence electrons. The van der Waals surface area contributed by atoms with Gasteiger partial charge in [-0.05, 0) is 49.1 Å². The van der Waals surface area contributed by atoms with Crippen LogP contribution in [0.1, 0.15) is 12.5 Å². The smallest absolute Gasteiger partial charge is 0.260 e. The van der Waals surface area contributed by atoms with E-state index in [2.05, 4.69) is 10.3 Å². The van der Waals surface area contributed by atoms with Crippen molar-refractivity contribution in [2.75, 3.05) is 13.7 Å². The number of rotatable bonds is 7. The average Bonchev–Trinajstić information content (AvgIpc) is 2.68. The van der Waals surface area contributed by atoms with Crippen LogP contribution in [0.15, 0.2) is 59.4 Å². The second-order valence-corrected chi connectivity index (χ2v) is 6.19. The molecule has 2 aromatic carbocycles. The first-order valence-corrected chi connectivity index (χ1v) is 8.76. The van der Waals surface area contributed by atoms with Gasteiger partial charge in [-0.15, -0.1) is 0 Å². The zero-order valence-electron chi connectivity index (χ0n) is 15.3. The molecule has 0 radical (unpaired) electrons. The summed E-state index contributed by atoms with van der Waals surface area (Å²) in [6.07, 6.45) is -0.184. The Balaban J connectivity index is 1.59. The second kappa shape index (κ2) is 8.40. The SMILES string of the molecule is COc1ccc2cc(CCNC(=O)[C@@H](C)Oc3ccccc3)c(=O)[nH]c2c1. The van der Waals surface area contributed by atoms with Crippen LogP contribution in [0.4, 0.5) is 0 Å². The summed E-state index contributed by atoms with van der Waals surface area (Å²) >= 11 is 0. The zero-order valence-corrected chi connectivity index (χ0v) is 15.3. The Morgan fingerprint density at radius 3 is 2.63 bits per heavy atom. The minimum absolute atomic E-state index is 0.168. The van der Waals surface area contributed by atoms with Gasteiger partial charge in [0.1, 0.15) is 11.5 Å². The van der Waals surface area contributed by atoms with Crippen molar-refractivity contribution in [3.63, 3.8) is 0 Å². The lowest BCUT2D eigenvalue weighted by Crippen LogP contribution is -2.37. The lowest BCUT2D eigenvalue weighted by molar-refractivity contribution is -0.127. The lowest BCUT2D eigenvalue weighted by Gasteiger charge is -2.14. The number of ether oxygens (including phenoxy) is 2. The van der Waals surface area contributed by atoms with E-state index in [1.807, 2.05) is 36.4 Å². The first kappa shape index (κ1) is 18.5. The van der Waals surface area contributed by atoms with Gasteiger partial charge in [-0.2, -0.15) is 0 Å². The predicted molar refractivity (Wildman–Crippen MR) is 104 cm³/mol. The third-order valence-electron chi connectivity index (χ3n) is 4.25. The first-order chi connectivity index (χ1) is 13.1. The van der Waals surface area contributed by atoms with E-state index < -0.39 is 6.10 Å². The molecule has 0 saturated heterocycles. The average molecular weight is 366 g/mol. The topological polar surface area (TPSA) is 80.4 Å². The zero-order chi connectivity index (χ0) is 19.2. The number of pyridine rings is 1. The molecule has 6 heteroatoms. The predicted octanol–water partition coefficient (Wildman–Crippen LogP) is 2.66. The van der Waals surface area contributed by atoms with Crippen molar-refractivity contribution in [1.29, 1.82) is 0 Å². The lowest BCUT2D eigenvalue weighted by atomic mass is 10.1. The quantitative estimate of drug-likeness (QED) is 0.674. The summed E-state index contributed by atoms with van der Waals surface area (Å²) in [6.45, 7) is 2.05. The fourth-order valence-corrected chi connectivity index (χ4v) is 2.76. The number of para-hydroxylation sites is 1. The molecule has 0 aliphatic rings. The second-order valence-electron chi connectivity index (χ2n) is 6.19. The number of methoxy groups -OCH3 is 1. The summed E-state index contributed by atoms with van der Waals surface area (Å²) in [5.41, 5.74) is 1.17. The number of amides is 1. The Morgan fingerprint density at radius 2 is 1.89 bits per heavy atom. The number of aromatic amines is 1. The van der Waals surface area contributed by atoms with Crippen LogP contribution < -0.4 is 20.3 Å². The number of H-pyrrole nitrogens is 1. The van der Waals surface area contributed by atoms with Crippen LogP contribution in [0.2, 0.25) is 0 Å². The summed E-state index contributed by atoms with van der Waals surface area (Å²) < 4.78 is 10.8. The van der Waals surface area contributed by atoms with E-state index in [0.717, 1.165) is 10.9 Å². The van der Waals surface area contributed by atoms with Gasteiger partial charge in [0.25, 0.3) is 11.5 Å². The fraction of sp³-hybridized carbons (Fsp3) is 0.238. The maximum Gasteiger partial charge on any atom is 0.260 e. The van der Waals surface area contributed by atoms with Gasteiger partial charge in [0.05, 0.1) is 12.6 Å². The van der Waals surface area contributed by atoms with Gasteiger partial charge in [0.15, 0.2) is 6.10 Å². The molecular formula is C21H22N2O4. The van der Waals surface area contributed by atoms with Crippen LogP contribution in [0.3, 0.4) is 0 Å². The number of hydrogen-bond donors (Lipinski definition) is 2. The third kappa shape index (κ3) is 4.67. The highest BCUT2D eigenvalue weighted by Gasteiger charge is 2.14. The number of carbonyl (C=O) groups is 1. The van der Waals surface area contributed by atoms with Crippen LogP contribution >= 0.6 is 0 Å². The Morgan fingerprint density at radius 1 is 1.11 bits per heavy atom. The molecule has 2 N–H and O–H groups in total. The summed E-state index contributed by atoms with van der Waals surface area (Å²) in [7, 11) is 1.58. The largest absolute Gasteiger partial charge is 0.497 e. The molecule has 0 fully saturated rings. The van der Waals surface area contributed by atoms with Crippen molar-refractivity contribution < 1.29 is 14.3 Å². The maximum atomic E-state index is 12.2. The molecule has 3 rings (SSSR count). The maximum absolute atomic E-state index is 12.2. The number of nitrogens with one attached hydrogen (secondary N) is 2. The molecule has 3 aromatic rings. The van der Waals surface area contributed by atoms with Crippen LogP contribution in [0, 0.1) is 0 Å². The van der Waals surface area contributed by atoms with Gasteiger partial charge in [0.2, 0.25) is 0 Å². The van der Waals surface area contributed by atoms with Crippen molar-refractivity contribution in [2.24, 2.45) is 0 Å². The standard InChI is InChI=1S/C21H22N2O4/c1-14(27-17-6-4-3-5-7-17)20(24)22-11-10-16-12-15-8-9-18(26-2)13-19(15)23-21(16)25/h3-9,12-14H,10-11H2,1-2H3,(H,22,24)(H,23,25)/t14-/m1/s1. The Kier molecular flexibility index (Phi) is 5.76. The first-order valence-electron chi connectivity index (χ1n) is 8.76. The number of hydrogen-bond acceptors (Lipinski definition) is 4. The van der Waals surface area contributed by atoms with E-state index in [1.54, 1.807) is 32.2 Å².